The van der Waals surface area contributed by atoms with Crippen molar-refractivity contribution in [2.75, 3.05) is 11.5 Å². The van der Waals surface area contributed by atoms with Crippen LogP contribution in [0.4, 0.5) is 0 Å². The molecule has 2 rings (SSSR count). The molecule has 0 aliphatic heterocycles. The maximum Gasteiger partial charge on any atom is 0.114 e. The predicted octanol–water partition coefficient (Wildman–Crippen LogP) is 3.39. The van der Waals surface area contributed by atoms with Crippen LogP contribution in [0.2, 0.25) is 0 Å². The highest BCUT2D eigenvalue weighted by molar-refractivity contribution is 7.99. The lowest BCUT2D eigenvalue weighted by Gasteiger charge is -2.09. The van der Waals surface area contributed by atoms with Gasteiger partial charge in [0.1, 0.15) is 5.76 Å². The van der Waals surface area contributed by atoms with Gasteiger partial charge in [-0.25, -0.2) is 0 Å². The summed E-state index contributed by atoms with van der Waals surface area (Å²) in [7, 11) is 0. The molecule has 1 aliphatic carbocycles. The number of thioether (sulfide) groups is 1. The van der Waals surface area contributed by atoms with E-state index in [1.54, 1.807) is 6.26 Å². The number of rotatable bonds is 4. The van der Waals surface area contributed by atoms with Crippen LogP contribution in [0.1, 0.15) is 18.6 Å². The van der Waals surface area contributed by atoms with Gasteiger partial charge in [0.25, 0.3) is 0 Å². The van der Waals surface area contributed by atoms with E-state index in [-0.39, 0.29) is 0 Å². The minimum absolute atomic E-state index is 0.539. The van der Waals surface area contributed by atoms with Crippen molar-refractivity contribution in [2.24, 2.45) is 5.41 Å². The van der Waals surface area contributed by atoms with Gasteiger partial charge in [-0.05, 0) is 37.0 Å². The van der Waals surface area contributed by atoms with Crippen molar-refractivity contribution < 1.29 is 4.42 Å². The minimum Gasteiger partial charge on any atom is -0.468 e. The Morgan fingerprint density at radius 2 is 2.38 bits per heavy atom. The number of thiol groups is 1. The van der Waals surface area contributed by atoms with Gasteiger partial charge < -0.3 is 4.42 Å². The average Bonchev–Trinajstić information content (AvgIpc) is 2.82. The zero-order valence-corrected chi connectivity index (χ0v) is 9.46. The first-order chi connectivity index (χ1) is 6.26. The molecule has 1 fully saturated rings. The van der Waals surface area contributed by atoms with Crippen LogP contribution in [0.15, 0.2) is 21.6 Å². The quantitative estimate of drug-likeness (QED) is 0.609. The van der Waals surface area contributed by atoms with E-state index in [4.69, 9.17) is 4.42 Å². The third kappa shape index (κ3) is 2.08. The summed E-state index contributed by atoms with van der Waals surface area (Å²) in [5.74, 6) is 3.26. The summed E-state index contributed by atoms with van der Waals surface area (Å²) in [5, 5.41) is 0. The Balaban J connectivity index is 1.90. The fourth-order valence-corrected chi connectivity index (χ4v) is 3.11. The van der Waals surface area contributed by atoms with Crippen LogP contribution in [0.25, 0.3) is 0 Å². The minimum atomic E-state index is 0.539. The summed E-state index contributed by atoms with van der Waals surface area (Å²) in [5.41, 5.74) is 0.539. The zero-order chi connectivity index (χ0) is 9.31. The monoisotopic (exact) mass is 214 g/mol. The van der Waals surface area contributed by atoms with Crippen molar-refractivity contribution >= 4 is 24.4 Å². The average molecular weight is 214 g/mol. The fraction of sp³-hybridized carbons (Fsp3) is 0.600. The summed E-state index contributed by atoms with van der Waals surface area (Å²) in [6.07, 6.45) is 4.46. The summed E-state index contributed by atoms with van der Waals surface area (Å²) in [6, 6.07) is 2.05. The van der Waals surface area contributed by atoms with E-state index >= 15 is 0 Å². The van der Waals surface area contributed by atoms with E-state index in [1.807, 2.05) is 18.7 Å². The van der Waals surface area contributed by atoms with Gasteiger partial charge in [-0.1, -0.05) is 0 Å². The zero-order valence-electron chi connectivity index (χ0n) is 7.75. The van der Waals surface area contributed by atoms with E-state index in [2.05, 4.69) is 18.7 Å². The Bertz CT molecular complexity index is 289. The Hall–Kier alpha value is -0.0200. The molecule has 3 heteroatoms. The molecule has 0 unspecified atom stereocenters. The molecule has 1 aromatic rings. The van der Waals surface area contributed by atoms with Crippen molar-refractivity contribution in [3.05, 3.63) is 18.1 Å². The van der Waals surface area contributed by atoms with Crippen LogP contribution < -0.4 is 0 Å². The molecule has 0 amide bonds. The van der Waals surface area contributed by atoms with Gasteiger partial charge in [0, 0.05) is 10.6 Å². The van der Waals surface area contributed by atoms with E-state index in [9.17, 15) is 0 Å². The molecule has 0 atom stereocenters. The highest BCUT2D eigenvalue weighted by Crippen LogP contribution is 2.50. The number of hydrogen-bond donors (Lipinski definition) is 1. The molecule has 0 bridgehead atoms. The number of hydrogen-bond acceptors (Lipinski definition) is 3. The first-order valence-electron chi connectivity index (χ1n) is 4.54. The second-order valence-electron chi connectivity index (χ2n) is 3.79. The van der Waals surface area contributed by atoms with Crippen LogP contribution >= 0.6 is 24.4 Å². The molecule has 1 aliphatic rings. The Kier molecular flexibility index (Phi) is 2.65. The van der Waals surface area contributed by atoms with Gasteiger partial charge in [-0.2, -0.15) is 12.6 Å². The van der Waals surface area contributed by atoms with Crippen molar-refractivity contribution in [2.45, 2.75) is 24.7 Å². The second kappa shape index (κ2) is 3.62. The highest BCUT2D eigenvalue weighted by Gasteiger charge is 2.41. The summed E-state index contributed by atoms with van der Waals surface area (Å²) in [6.45, 7) is 2.02. The Morgan fingerprint density at radius 1 is 1.62 bits per heavy atom. The molecule has 0 radical (unpaired) electrons. The molecule has 0 spiro atoms. The molecule has 1 nitrogen and oxygen atoms in total. The Morgan fingerprint density at radius 3 is 2.85 bits per heavy atom. The molecule has 0 N–H and O–H groups in total. The lowest BCUT2D eigenvalue weighted by molar-refractivity contribution is 0.526. The van der Waals surface area contributed by atoms with E-state index in [0.29, 0.717) is 5.41 Å². The highest BCUT2D eigenvalue weighted by atomic mass is 32.2. The van der Waals surface area contributed by atoms with E-state index in [1.165, 1.54) is 23.5 Å². The summed E-state index contributed by atoms with van der Waals surface area (Å²) in [4.78, 5) is 1.29. The van der Waals surface area contributed by atoms with Gasteiger partial charge in [0.15, 0.2) is 0 Å². The predicted molar refractivity (Wildman–Crippen MR) is 59.7 cm³/mol. The molecule has 0 aromatic carbocycles. The van der Waals surface area contributed by atoms with Gasteiger partial charge in [-0.15, -0.1) is 11.8 Å². The SMILES string of the molecule is Cc1occc1SCC1(CS)CC1. The van der Waals surface area contributed by atoms with Crippen molar-refractivity contribution in [3.63, 3.8) is 0 Å². The topological polar surface area (TPSA) is 13.1 Å². The number of aryl methyl sites for hydroxylation is 1. The van der Waals surface area contributed by atoms with Crippen LogP contribution in [-0.2, 0) is 0 Å². The van der Waals surface area contributed by atoms with Gasteiger partial charge in [0.05, 0.1) is 6.26 Å². The van der Waals surface area contributed by atoms with Gasteiger partial charge in [0.2, 0.25) is 0 Å². The van der Waals surface area contributed by atoms with Gasteiger partial charge in [-0.3, -0.25) is 0 Å². The molecule has 0 saturated heterocycles. The first kappa shape index (κ1) is 9.53. The lowest BCUT2D eigenvalue weighted by atomic mass is 10.2. The van der Waals surface area contributed by atoms with E-state index in [0.717, 1.165) is 11.5 Å². The molecule has 13 heavy (non-hydrogen) atoms. The third-order valence-corrected chi connectivity index (χ3v) is 4.80. The van der Waals surface area contributed by atoms with Gasteiger partial charge >= 0.3 is 0 Å². The molecule has 1 aromatic heterocycles. The largest absolute Gasteiger partial charge is 0.468 e. The maximum absolute atomic E-state index is 5.24. The smallest absolute Gasteiger partial charge is 0.114 e. The number of furan rings is 1. The summed E-state index contributed by atoms with van der Waals surface area (Å²) >= 11 is 6.29. The third-order valence-electron chi connectivity index (χ3n) is 2.64. The fourth-order valence-electron chi connectivity index (χ4n) is 1.28. The van der Waals surface area contributed by atoms with E-state index < -0.39 is 0 Å². The second-order valence-corrected chi connectivity index (χ2v) is 5.12. The summed E-state index contributed by atoms with van der Waals surface area (Å²) < 4.78 is 5.24. The standard InChI is InChI=1S/C10H14OS2/c1-8-9(2-5-11-8)13-7-10(6-12)3-4-10/h2,5,12H,3-4,6-7H2,1H3. The van der Waals surface area contributed by atoms with Crippen LogP contribution in [-0.4, -0.2) is 11.5 Å². The van der Waals surface area contributed by atoms with Crippen LogP contribution in [0.5, 0.6) is 0 Å². The molecule has 1 heterocycles. The van der Waals surface area contributed by atoms with Crippen molar-refractivity contribution in [1.29, 1.82) is 0 Å². The van der Waals surface area contributed by atoms with Crippen molar-refractivity contribution in [3.8, 4) is 0 Å². The normalized spacial score (nSPS) is 18.9. The molecule has 72 valence electrons. The van der Waals surface area contributed by atoms with Crippen LogP contribution in [0.3, 0.4) is 0 Å². The Labute approximate surface area is 88.7 Å². The molecular weight excluding hydrogens is 200 g/mol. The van der Waals surface area contributed by atoms with Crippen molar-refractivity contribution in [1.82, 2.24) is 0 Å². The first-order valence-corrected chi connectivity index (χ1v) is 6.15. The van der Waals surface area contributed by atoms with Crippen LogP contribution in [0, 0.1) is 12.3 Å². The molecular formula is C10H14OS2. The molecule has 1 saturated carbocycles. The lowest BCUT2D eigenvalue weighted by Crippen LogP contribution is -2.05. The maximum atomic E-state index is 5.24.